The van der Waals surface area contributed by atoms with Crippen molar-refractivity contribution in [1.29, 1.82) is 0 Å². The second-order valence-electron chi connectivity index (χ2n) is 0.959. The van der Waals surface area contributed by atoms with E-state index in [4.69, 9.17) is 0 Å². The van der Waals surface area contributed by atoms with E-state index in [1.165, 1.54) is 6.20 Å². The lowest BCUT2D eigenvalue weighted by atomic mass is 10.6. The molecule has 38 valence electrons. The molecule has 0 aliphatic carbocycles. The van der Waals surface area contributed by atoms with Crippen molar-refractivity contribution in [2.24, 2.45) is 0 Å². The van der Waals surface area contributed by atoms with E-state index in [-0.39, 0.29) is 0 Å². The number of rotatable bonds is 3. The van der Waals surface area contributed by atoms with Crippen LogP contribution >= 0.6 is 0 Å². The van der Waals surface area contributed by atoms with Gasteiger partial charge in [0.05, 0.1) is 6.20 Å². The Morgan fingerprint density at radius 3 is 3.00 bits per heavy atom. The summed E-state index contributed by atoms with van der Waals surface area (Å²) in [5.74, 6) is 1.57. The summed E-state index contributed by atoms with van der Waals surface area (Å²) in [6.07, 6.45) is 2.87. The zero-order valence-electron chi connectivity index (χ0n) is 3.98. The Labute approximate surface area is 42.5 Å². The molecule has 0 saturated heterocycles. The topological polar surface area (TPSA) is 29.1 Å². The molecule has 0 rings (SSSR count). The third-order valence-corrected chi connectivity index (χ3v) is 0.423. The highest BCUT2D eigenvalue weighted by Crippen LogP contribution is 1.54. The molecule has 0 aromatic carbocycles. The van der Waals surface area contributed by atoms with Gasteiger partial charge in [-0.1, -0.05) is 6.08 Å². The van der Waals surface area contributed by atoms with Crippen LogP contribution in [-0.2, 0) is 4.79 Å². The number of carbonyl (C=O) groups excluding carboxylic acids is 1. The van der Waals surface area contributed by atoms with Crippen LogP contribution in [0.1, 0.15) is 0 Å². The maximum atomic E-state index is 9.40. The third-order valence-electron chi connectivity index (χ3n) is 0.423. The van der Waals surface area contributed by atoms with Gasteiger partial charge in [0, 0.05) is 6.54 Å². The van der Waals surface area contributed by atoms with E-state index in [9.17, 15) is 4.79 Å². The van der Waals surface area contributed by atoms with Crippen LogP contribution in [0.25, 0.3) is 0 Å². The Morgan fingerprint density at radius 1 is 1.86 bits per heavy atom. The van der Waals surface area contributed by atoms with Gasteiger partial charge in [0.25, 0.3) is 0 Å². The van der Waals surface area contributed by atoms with E-state index in [1.54, 1.807) is 12.0 Å². The summed E-state index contributed by atoms with van der Waals surface area (Å²) in [5.41, 5.74) is 0. The first-order valence-corrected chi connectivity index (χ1v) is 1.95. The van der Waals surface area contributed by atoms with Crippen LogP contribution in [0.3, 0.4) is 0 Å². The van der Waals surface area contributed by atoms with Gasteiger partial charge in [-0.3, -0.25) is 0 Å². The van der Waals surface area contributed by atoms with Crippen molar-refractivity contribution in [2.75, 3.05) is 6.54 Å². The normalized spacial score (nSPS) is 6.29. The molecule has 0 aromatic rings. The lowest BCUT2D eigenvalue weighted by molar-refractivity contribution is 0.567. The van der Waals surface area contributed by atoms with Gasteiger partial charge in [0.1, 0.15) is 5.94 Å². The molecule has 2 nitrogen and oxygen atoms in total. The third kappa shape index (κ3) is 4.99. The molecule has 0 aliphatic rings. The second kappa shape index (κ2) is 4.99. The van der Waals surface area contributed by atoms with Crippen molar-refractivity contribution >= 4 is 5.94 Å². The highest BCUT2D eigenvalue weighted by atomic mass is 16.1. The van der Waals surface area contributed by atoms with Crippen LogP contribution in [0.4, 0.5) is 0 Å². The van der Waals surface area contributed by atoms with E-state index >= 15 is 0 Å². The molecule has 1 N–H and O–H groups in total. The molecule has 0 saturated carbocycles. The molecule has 0 aliphatic heterocycles. The average Bonchev–Trinajstić information content (AvgIpc) is 1.69. The first-order valence-electron chi connectivity index (χ1n) is 1.95. The molecular weight excluding hydrogens is 90.1 g/mol. The van der Waals surface area contributed by atoms with Gasteiger partial charge >= 0.3 is 0 Å². The SMILES string of the molecule is C=CCNC=C=O. The van der Waals surface area contributed by atoms with Crippen LogP contribution in [0.15, 0.2) is 18.9 Å². The fourth-order valence-electron chi connectivity index (χ4n) is 0.184. The Balaban J connectivity index is 2.97. The molecule has 0 unspecified atom stereocenters. The van der Waals surface area contributed by atoms with Crippen LogP contribution in [0, 0.1) is 0 Å². The highest BCUT2D eigenvalue weighted by molar-refractivity contribution is 5.43. The first kappa shape index (κ1) is 5.99. The molecule has 0 heterocycles. The predicted octanol–water partition coefficient (Wildman–Crippen LogP) is 0.107. The zero-order valence-corrected chi connectivity index (χ0v) is 3.98. The largest absolute Gasteiger partial charge is 0.379 e. The summed E-state index contributed by atoms with van der Waals surface area (Å²) in [4.78, 5) is 9.40. The van der Waals surface area contributed by atoms with Crippen LogP contribution in [0.5, 0.6) is 0 Å². The van der Waals surface area contributed by atoms with Gasteiger partial charge in [0.15, 0.2) is 0 Å². The molecule has 0 aromatic heterocycles. The lowest BCUT2D eigenvalue weighted by Gasteiger charge is -1.84. The second-order valence-corrected chi connectivity index (χ2v) is 0.959. The van der Waals surface area contributed by atoms with Crippen LogP contribution in [-0.4, -0.2) is 12.5 Å². The Hall–Kier alpha value is -1.01. The standard InChI is InChI=1S/C5H7NO/c1-2-3-6-4-5-7/h2,4,6H,1,3H2. The van der Waals surface area contributed by atoms with E-state index in [1.807, 2.05) is 0 Å². The smallest absolute Gasteiger partial charge is 0.141 e. The monoisotopic (exact) mass is 97.1 g/mol. The van der Waals surface area contributed by atoms with Crippen molar-refractivity contribution in [3.8, 4) is 0 Å². The van der Waals surface area contributed by atoms with Gasteiger partial charge in [-0.25, -0.2) is 4.79 Å². The van der Waals surface area contributed by atoms with E-state index in [0.29, 0.717) is 6.54 Å². The Kier molecular flexibility index (Phi) is 4.27. The van der Waals surface area contributed by atoms with Crippen LogP contribution < -0.4 is 5.32 Å². The fraction of sp³-hybridized carbons (Fsp3) is 0.200. The Morgan fingerprint density at radius 2 is 2.57 bits per heavy atom. The van der Waals surface area contributed by atoms with E-state index < -0.39 is 0 Å². The average molecular weight is 97.1 g/mol. The zero-order chi connectivity index (χ0) is 5.54. The molecule has 2 heteroatoms. The van der Waals surface area contributed by atoms with Crippen LogP contribution in [0.2, 0.25) is 0 Å². The van der Waals surface area contributed by atoms with Crippen molar-refractivity contribution < 1.29 is 4.79 Å². The fourth-order valence-corrected chi connectivity index (χ4v) is 0.184. The molecule has 0 spiro atoms. The molecule has 7 heavy (non-hydrogen) atoms. The highest BCUT2D eigenvalue weighted by Gasteiger charge is 1.63. The lowest BCUT2D eigenvalue weighted by Crippen LogP contribution is -2.02. The van der Waals surface area contributed by atoms with Crippen molar-refractivity contribution in [1.82, 2.24) is 5.32 Å². The minimum Gasteiger partial charge on any atom is -0.379 e. The first-order chi connectivity index (χ1) is 3.41. The predicted molar refractivity (Wildman–Crippen MR) is 28.5 cm³/mol. The van der Waals surface area contributed by atoms with E-state index in [0.717, 1.165) is 0 Å². The number of nitrogens with one attached hydrogen (secondary N) is 1. The summed E-state index contributed by atoms with van der Waals surface area (Å²) >= 11 is 0. The molecule has 0 bridgehead atoms. The van der Waals surface area contributed by atoms with Gasteiger partial charge < -0.3 is 5.32 Å². The summed E-state index contributed by atoms with van der Waals surface area (Å²) < 4.78 is 0. The van der Waals surface area contributed by atoms with Gasteiger partial charge in [-0.15, -0.1) is 6.58 Å². The maximum Gasteiger partial charge on any atom is 0.141 e. The molecular formula is C5H7NO. The van der Waals surface area contributed by atoms with Crippen molar-refractivity contribution in [3.63, 3.8) is 0 Å². The maximum absolute atomic E-state index is 9.40. The summed E-state index contributed by atoms with van der Waals surface area (Å²) in [6.45, 7) is 4.04. The summed E-state index contributed by atoms with van der Waals surface area (Å²) in [5, 5.41) is 2.62. The summed E-state index contributed by atoms with van der Waals surface area (Å²) in [7, 11) is 0. The van der Waals surface area contributed by atoms with Gasteiger partial charge in [0.2, 0.25) is 0 Å². The number of hydrogen-bond acceptors (Lipinski definition) is 2. The minimum atomic E-state index is 0.620. The minimum absolute atomic E-state index is 0.620. The summed E-state index contributed by atoms with van der Waals surface area (Å²) in [6, 6.07) is 0. The molecule has 0 atom stereocenters. The number of hydrogen-bond donors (Lipinski definition) is 1. The van der Waals surface area contributed by atoms with Crippen molar-refractivity contribution in [3.05, 3.63) is 18.9 Å². The Bertz CT molecular complexity index is 92.3. The molecule has 0 radical (unpaired) electrons. The quantitative estimate of drug-likeness (QED) is 0.307. The van der Waals surface area contributed by atoms with Gasteiger partial charge in [-0.05, 0) is 0 Å². The molecule has 0 amide bonds. The molecule has 0 fully saturated rings. The van der Waals surface area contributed by atoms with Gasteiger partial charge in [-0.2, -0.15) is 0 Å². The van der Waals surface area contributed by atoms with E-state index in [2.05, 4.69) is 11.9 Å². The van der Waals surface area contributed by atoms with Crippen molar-refractivity contribution in [2.45, 2.75) is 0 Å².